The minimum atomic E-state index is -0.365. The number of ketones is 1. The Bertz CT molecular complexity index is 996. The van der Waals surface area contributed by atoms with E-state index in [1.807, 2.05) is 24.3 Å². The molecule has 1 heterocycles. The first-order valence-electron chi connectivity index (χ1n) is 10.7. The summed E-state index contributed by atoms with van der Waals surface area (Å²) in [5.74, 6) is 0.0316. The second-order valence-corrected chi connectivity index (χ2v) is 8.54. The van der Waals surface area contributed by atoms with Crippen LogP contribution < -0.4 is 10.9 Å². The number of carbonyl (C=O) groups excluding carboxylic acids is 2. The Morgan fingerprint density at radius 1 is 1.03 bits per heavy atom. The van der Waals surface area contributed by atoms with Crippen molar-refractivity contribution in [2.75, 3.05) is 0 Å². The van der Waals surface area contributed by atoms with E-state index < -0.39 is 0 Å². The van der Waals surface area contributed by atoms with Gasteiger partial charge in [-0.1, -0.05) is 38.8 Å². The van der Waals surface area contributed by atoms with E-state index in [4.69, 9.17) is 0 Å². The van der Waals surface area contributed by atoms with Crippen molar-refractivity contribution in [3.63, 3.8) is 0 Å². The minimum Gasteiger partial charge on any atom is -0.349 e. The number of benzene rings is 1. The van der Waals surface area contributed by atoms with Gasteiger partial charge in [-0.3, -0.25) is 19.0 Å². The summed E-state index contributed by atoms with van der Waals surface area (Å²) in [4.78, 5) is 38.9. The number of Topliss-reactive ketones (excluding diaryl/α,β-unsaturated/α-hetero) is 1. The molecule has 4 rings (SSSR count). The van der Waals surface area contributed by atoms with E-state index in [9.17, 15) is 14.4 Å². The molecule has 1 saturated carbocycles. The molecule has 1 N–H and O–H groups in total. The van der Waals surface area contributed by atoms with Crippen molar-refractivity contribution in [2.24, 2.45) is 0 Å². The molecular weight excluding hydrogens is 364 g/mol. The second kappa shape index (κ2) is 7.97. The van der Waals surface area contributed by atoms with E-state index >= 15 is 0 Å². The fraction of sp³-hybridized carbons (Fsp3) is 0.458. The molecule has 152 valence electrons. The number of carbonyl (C=O) groups is 2. The third kappa shape index (κ3) is 3.78. The summed E-state index contributed by atoms with van der Waals surface area (Å²) in [6.07, 6.45) is 5.93. The summed E-state index contributed by atoms with van der Waals surface area (Å²) < 4.78 is 1.58. The molecule has 1 fully saturated rings. The molecule has 29 heavy (non-hydrogen) atoms. The van der Waals surface area contributed by atoms with Crippen molar-refractivity contribution in [1.29, 1.82) is 0 Å². The molecule has 0 unspecified atom stereocenters. The molecule has 1 aromatic heterocycles. The zero-order valence-corrected chi connectivity index (χ0v) is 17.2. The van der Waals surface area contributed by atoms with Crippen LogP contribution in [-0.4, -0.2) is 22.3 Å². The smallest absolute Gasteiger partial charge is 0.268 e. The molecule has 0 spiro atoms. The molecule has 5 nitrogen and oxygen atoms in total. The Balaban J connectivity index is 1.82. The molecular formula is C24H28N2O3. The Morgan fingerprint density at radius 3 is 2.38 bits per heavy atom. The van der Waals surface area contributed by atoms with Crippen LogP contribution >= 0.6 is 0 Å². The maximum Gasteiger partial charge on any atom is 0.268 e. The van der Waals surface area contributed by atoms with Gasteiger partial charge in [-0.25, -0.2) is 0 Å². The number of fused-ring (bicyclic) bond motifs is 1. The van der Waals surface area contributed by atoms with Crippen molar-refractivity contribution in [2.45, 2.75) is 70.8 Å². The number of nitrogens with zero attached hydrogens (tertiary/aromatic N) is 1. The monoisotopic (exact) mass is 392 g/mol. The minimum absolute atomic E-state index is 0.00807. The van der Waals surface area contributed by atoms with Crippen LogP contribution in [0.4, 0.5) is 0 Å². The average molecular weight is 392 g/mol. The summed E-state index contributed by atoms with van der Waals surface area (Å²) in [5.41, 5.74) is 2.86. The highest BCUT2D eigenvalue weighted by Gasteiger charge is 2.27. The molecule has 1 aromatic carbocycles. The van der Waals surface area contributed by atoms with Crippen LogP contribution in [0.1, 0.15) is 90.3 Å². The van der Waals surface area contributed by atoms with Crippen molar-refractivity contribution >= 4 is 11.7 Å². The van der Waals surface area contributed by atoms with Crippen molar-refractivity contribution < 1.29 is 9.59 Å². The van der Waals surface area contributed by atoms with Crippen LogP contribution in [0, 0.1) is 0 Å². The maximum absolute atomic E-state index is 13.4. The normalized spacial score (nSPS) is 16.9. The molecule has 0 radical (unpaired) electrons. The van der Waals surface area contributed by atoms with Gasteiger partial charge in [-0.15, -0.1) is 0 Å². The Morgan fingerprint density at radius 2 is 1.72 bits per heavy atom. The summed E-state index contributed by atoms with van der Waals surface area (Å²) >= 11 is 0. The molecule has 5 heteroatoms. The summed E-state index contributed by atoms with van der Waals surface area (Å²) in [6, 6.07) is 9.49. The largest absolute Gasteiger partial charge is 0.349 e. The van der Waals surface area contributed by atoms with Crippen LogP contribution in [0.2, 0.25) is 0 Å². The average Bonchev–Trinajstić information content (AvgIpc) is 3.21. The van der Waals surface area contributed by atoms with E-state index in [0.717, 1.165) is 37.8 Å². The summed E-state index contributed by atoms with van der Waals surface area (Å²) in [5, 5.41) is 3.00. The van der Waals surface area contributed by atoms with Gasteiger partial charge in [0.1, 0.15) is 5.56 Å². The molecule has 0 saturated heterocycles. The fourth-order valence-electron chi connectivity index (χ4n) is 4.47. The lowest BCUT2D eigenvalue weighted by atomic mass is 9.92. The summed E-state index contributed by atoms with van der Waals surface area (Å²) in [6.45, 7) is 4.24. The van der Waals surface area contributed by atoms with E-state index in [-0.39, 0.29) is 28.9 Å². The molecule has 2 aliphatic rings. The number of aromatic nitrogens is 1. The van der Waals surface area contributed by atoms with Crippen molar-refractivity contribution in [1.82, 2.24) is 9.88 Å². The van der Waals surface area contributed by atoms with Gasteiger partial charge in [0.05, 0.1) is 0 Å². The lowest BCUT2D eigenvalue weighted by molar-refractivity contribution is 0.0936. The standard InChI is InChI=1S/C24H28N2O3/c1-15(2)16-10-12-18(13-11-16)26-21-8-5-9-22(27)19(21)14-20(24(26)29)23(28)25-17-6-3-4-7-17/h10-15,17H,3-9H2,1-2H3,(H,25,28). The highest BCUT2D eigenvalue weighted by molar-refractivity contribution is 6.02. The van der Waals surface area contributed by atoms with Gasteiger partial charge >= 0.3 is 0 Å². The highest BCUT2D eigenvalue weighted by Crippen LogP contribution is 2.25. The molecule has 1 amide bonds. The van der Waals surface area contributed by atoms with Crippen LogP contribution in [0.3, 0.4) is 0 Å². The first kappa shape index (κ1) is 19.6. The lowest BCUT2D eigenvalue weighted by Gasteiger charge is -2.22. The Hall–Kier alpha value is -2.69. The first-order chi connectivity index (χ1) is 14.0. The quantitative estimate of drug-likeness (QED) is 0.850. The van der Waals surface area contributed by atoms with Gasteiger partial charge in [0.15, 0.2) is 5.78 Å². The SMILES string of the molecule is CC(C)c1ccc(-n2c3c(cc(C(=O)NC4CCCC4)c2=O)C(=O)CCC3)cc1. The van der Waals surface area contributed by atoms with Crippen LogP contribution in [-0.2, 0) is 6.42 Å². The number of amides is 1. The molecule has 2 aliphatic carbocycles. The van der Waals surface area contributed by atoms with E-state index in [2.05, 4.69) is 19.2 Å². The van der Waals surface area contributed by atoms with Crippen LogP contribution in [0.5, 0.6) is 0 Å². The van der Waals surface area contributed by atoms with Gasteiger partial charge in [0.2, 0.25) is 0 Å². The highest BCUT2D eigenvalue weighted by atomic mass is 16.2. The second-order valence-electron chi connectivity index (χ2n) is 8.54. The fourth-order valence-corrected chi connectivity index (χ4v) is 4.47. The third-order valence-corrected chi connectivity index (χ3v) is 6.17. The zero-order valence-electron chi connectivity index (χ0n) is 17.2. The number of hydrogen-bond donors (Lipinski definition) is 1. The number of nitrogens with one attached hydrogen (secondary N) is 1. The third-order valence-electron chi connectivity index (χ3n) is 6.17. The van der Waals surface area contributed by atoms with Crippen LogP contribution in [0.15, 0.2) is 35.1 Å². The molecule has 2 aromatic rings. The van der Waals surface area contributed by atoms with E-state index in [0.29, 0.717) is 30.0 Å². The van der Waals surface area contributed by atoms with E-state index in [1.54, 1.807) is 4.57 Å². The topological polar surface area (TPSA) is 68.2 Å². The number of hydrogen-bond acceptors (Lipinski definition) is 3. The van der Waals surface area contributed by atoms with E-state index in [1.165, 1.54) is 11.6 Å². The van der Waals surface area contributed by atoms with Crippen molar-refractivity contribution in [3.8, 4) is 5.69 Å². The van der Waals surface area contributed by atoms with Gasteiger partial charge in [0, 0.05) is 29.4 Å². The van der Waals surface area contributed by atoms with Gasteiger partial charge < -0.3 is 5.32 Å². The number of rotatable bonds is 4. The molecule has 0 aliphatic heterocycles. The first-order valence-corrected chi connectivity index (χ1v) is 10.7. The number of pyridine rings is 1. The zero-order chi connectivity index (χ0) is 20.5. The van der Waals surface area contributed by atoms with Gasteiger partial charge in [-0.05, 0) is 55.4 Å². The van der Waals surface area contributed by atoms with Crippen molar-refractivity contribution in [3.05, 3.63) is 63.1 Å². The Labute approximate surface area is 171 Å². The predicted octanol–water partition coefficient (Wildman–Crippen LogP) is 4.15. The predicted molar refractivity (Wildman–Crippen MR) is 113 cm³/mol. The lowest BCUT2D eigenvalue weighted by Crippen LogP contribution is -2.39. The maximum atomic E-state index is 13.4. The Kier molecular flexibility index (Phi) is 5.39. The summed E-state index contributed by atoms with van der Waals surface area (Å²) in [7, 11) is 0. The molecule has 0 atom stereocenters. The van der Waals surface area contributed by atoms with Crippen LogP contribution in [0.25, 0.3) is 5.69 Å². The molecule has 0 bridgehead atoms. The van der Waals surface area contributed by atoms with Gasteiger partial charge in [-0.2, -0.15) is 0 Å². The van der Waals surface area contributed by atoms with Gasteiger partial charge in [0.25, 0.3) is 11.5 Å².